The molecule has 0 bridgehead atoms. The normalized spacial score (nSPS) is 19.7. The summed E-state index contributed by atoms with van der Waals surface area (Å²) in [7, 11) is 0. The van der Waals surface area contributed by atoms with Crippen LogP contribution < -0.4 is 10.1 Å². The van der Waals surface area contributed by atoms with Crippen LogP contribution in [0.5, 0.6) is 5.75 Å². The number of hydrogen-bond donors (Lipinski definition) is 1. The Labute approximate surface area is 209 Å². The quantitative estimate of drug-likeness (QED) is 0.486. The first kappa shape index (κ1) is 25.0. The van der Waals surface area contributed by atoms with Crippen LogP contribution in [0.15, 0.2) is 78.9 Å². The SMILES string of the molecule is CC(C)Oc1ccc(-c2ccccc2C2CCNC2)cc1.O=CN1CCOCC1c1ccccc1. The number of morpholine rings is 1. The van der Waals surface area contributed by atoms with E-state index >= 15 is 0 Å². The van der Waals surface area contributed by atoms with Crippen LogP contribution in [0.1, 0.15) is 43.4 Å². The molecular formula is C30H36N2O3. The van der Waals surface area contributed by atoms with E-state index in [0.29, 0.717) is 25.7 Å². The first-order chi connectivity index (χ1) is 17.2. The number of nitrogens with one attached hydrogen (secondary N) is 1. The first-order valence-electron chi connectivity index (χ1n) is 12.6. The van der Waals surface area contributed by atoms with E-state index in [-0.39, 0.29) is 12.1 Å². The summed E-state index contributed by atoms with van der Waals surface area (Å²) in [4.78, 5) is 12.6. The van der Waals surface area contributed by atoms with E-state index in [9.17, 15) is 4.79 Å². The number of carbonyl (C=O) groups is 1. The third-order valence-corrected chi connectivity index (χ3v) is 6.49. The lowest BCUT2D eigenvalue weighted by atomic mass is 9.90. The van der Waals surface area contributed by atoms with Crippen LogP contribution in [0.3, 0.4) is 0 Å². The number of nitrogens with zero attached hydrogens (tertiary/aromatic N) is 1. The van der Waals surface area contributed by atoms with Gasteiger partial charge in [0.2, 0.25) is 6.41 Å². The van der Waals surface area contributed by atoms with Gasteiger partial charge in [0.15, 0.2) is 0 Å². The Morgan fingerprint density at radius 2 is 1.74 bits per heavy atom. The minimum atomic E-state index is 0.0856. The van der Waals surface area contributed by atoms with Crippen LogP contribution in [-0.4, -0.2) is 50.3 Å². The van der Waals surface area contributed by atoms with Crippen molar-refractivity contribution in [2.24, 2.45) is 0 Å². The third-order valence-electron chi connectivity index (χ3n) is 6.49. The van der Waals surface area contributed by atoms with Gasteiger partial charge in [-0.1, -0.05) is 66.7 Å². The van der Waals surface area contributed by atoms with E-state index < -0.39 is 0 Å². The fourth-order valence-electron chi connectivity index (χ4n) is 4.73. The molecule has 0 radical (unpaired) electrons. The van der Waals surface area contributed by atoms with E-state index in [1.54, 1.807) is 4.90 Å². The van der Waals surface area contributed by atoms with Crippen LogP contribution >= 0.6 is 0 Å². The van der Waals surface area contributed by atoms with Gasteiger partial charge in [0.05, 0.1) is 25.4 Å². The Bertz CT molecular complexity index is 1050. The minimum absolute atomic E-state index is 0.0856. The topological polar surface area (TPSA) is 50.8 Å². The average molecular weight is 473 g/mol. The Morgan fingerprint density at radius 3 is 2.43 bits per heavy atom. The van der Waals surface area contributed by atoms with Gasteiger partial charge in [0.1, 0.15) is 5.75 Å². The van der Waals surface area contributed by atoms with Crippen LogP contribution in [-0.2, 0) is 9.53 Å². The maximum absolute atomic E-state index is 10.8. The van der Waals surface area contributed by atoms with Crippen LogP contribution in [0.25, 0.3) is 11.1 Å². The molecule has 2 unspecified atom stereocenters. The lowest BCUT2D eigenvalue weighted by molar-refractivity contribution is -0.126. The van der Waals surface area contributed by atoms with Crippen LogP contribution in [0.4, 0.5) is 0 Å². The van der Waals surface area contributed by atoms with E-state index in [4.69, 9.17) is 9.47 Å². The van der Waals surface area contributed by atoms with Crippen LogP contribution in [0.2, 0.25) is 0 Å². The number of amides is 1. The fraction of sp³-hybridized carbons (Fsp3) is 0.367. The van der Waals surface area contributed by atoms with Gasteiger partial charge in [-0.05, 0) is 67.1 Å². The predicted octanol–water partition coefficient (Wildman–Crippen LogP) is 5.43. The molecule has 0 saturated carbocycles. The Hall–Kier alpha value is -3.15. The molecule has 2 fully saturated rings. The molecule has 0 aliphatic carbocycles. The standard InChI is InChI=1S/C19H23NO.C11H13NO2/c1-14(2)21-17-9-7-15(8-10-17)18-5-3-4-6-19(18)16-11-12-20-13-16;13-9-12-6-7-14-8-11(12)10-4-2-1-3-5-10/h3-10,14,16,20H,11-13H2,1-2H3;1-5,9,11H,6-8H2. The molecule has 184 valence electrons. The molecule has 2 atom stereocenters. The maximum Gasteiger partial charge on any atom is 0.210 e. The highest BCUT2D eigenvalue weighted by atomic mass is 16.5. The van der Waals surface area contributed by atoms with Crippen molar-refractivity contribution in [1.29, 1.82) is 0 Å². The monoisotopic (exact) mass is 472 g/mol. The number of carbonyl (C=O) groups excluding carboxylic acids is 1. The van der Waals surface area contributed by atoms with E-state index in [1.165, 1.54) is 23.1 Å². The molecule has 5 nitrogen and oxygen atoms in total. The molecule has 0 aromatic heterocycles. The molecule has 2 aliphatic heterocycles. The number of ether oxygens (including phenoxy) is 2. The first-order valence-corrected chi connectivity index (χ1v) is 12.6. The zero-order valence-electron chi connectivity index (χ0n) is 20.7. The van der Waals surface area contributed by atoms with Crippen molar-refractivity contribution in [3.05, 3.63) is 90.0 Å². The second-order valence-corrected chi connectivity index (χ2v) is 9.31. The van der Waals surface area contributed by atoms with Gasteiger partial charge in [-0.15, -0.1) is 0 Å². The molecule has 2 aliphatic rings. The zero-order chi connectivity index (χ0) is 24.5. The van der Waals surface area contributed by atoms with Gasteiger partial charge in [0, 0.05) is 13.1 Å². The Balaban J connectivity index is 0.000000179. The van der Waals surface area contributed by atoms with E-state index in [0.717, 1.165) is 30.8 Å². The molecule has 1 amide bonds. The molecule has 35 heavy (non-hydrogen) atoms. The molecule has 2 heterocycles. The second-order valence-electron chi connectivity index (χ2n) is 9.31. The Morgan fingerprint density at radius 1 is 1.00 bits per heavy atom. The number of benzene rings is 3. The van der Waals surface area contributed by atoms with Crippen molar-refractivity contribution in [1.82, 2.24) is 10.2 Å². The van der Waals surface area contributed by atoms with Gasteiger partial charge < -0.3 is 19.7 Å². The number of hydrogen-bond acceptors (Lipinski definition) is 4. The highest BCUT2D eigenvalue weighted by molar-refractivity contribution is 5.68. The van der Waals surface area contributed by atoms with Gasteiger partial charge in [0.25, 0.3) is 0 Å². The lowest BCUT2D eigenvalue weighted by Gasteiger charge is -2.32. The largest absolute Gasteiger partial charge is 0.491 e. The van der Waals surface area contributed by atoms with Gasteiger partial charge >= 0.3 is 0 Å². The zero-order valence-corrected chi connectivity index (χ0v) is 20.7. The summed E-state index contributed by atoms with van der Waals surface area (Å²) in [5.74, 6) is 1.57. The smallest absolute Gasteiger partial charge is 0.210 e. The molecule has 3 aromatic carbocycles. The maximum atomic E-state index is 10.8. The second kappa shape index (κ2) is 12.5. The molecule has 5 rings (SSSR count). The molecule has 0 spiro atoms. The molecule has 2 saturated heterocycles. The van der Waals surface area contributed by atoms with Gasteiger partial charge in [-0.2, -0.15) is 0 Å². The van der Waals surface area contributed by atoms with Crippen molar-refractivity contribution < 1.29 is 14.3 Å². The van der Waals surface area contributed by atoms with Crippen molar-refractivity contribution in [3.63, 3.8) is 0 Å². The van der Waals surface area contributed by atoms with Crippen molar-refractivity contribution >= 4 is 6.41 Å². The molecule has 5 heteroatoms. The minimum Gasteiger partial charge on any atom is -0.491 e. The lowest BCUT2D eigenvalue weighted by Crippen LogP contribution is -2.38. The number of rotatable bonds is 6. The van der Waals surface area contributed by atoms with Gasteiger partial charge in [-0.3, -0.25) is 4.79 Å². The van der Waals surface area contributed by atoms with Crippen molar-refractivity contribution in [3.8, 4) is 16.9 Å². The van der Waals surface area contributed by atoms with E-state index in [1.807, 2.05) is 30.3 Å². The molecule has 3 aromatic rings. The summed E-state index contributed by atoms with van der Waals surface area (Å²) < 4.78 is 11.1. The Kier molecular flexibility index (Phi) is 8.93. The summed E-state index contributed by atoms with van der Waals surface area (Å²) in [5.41, 5.74) is 5.22. The summed E-state index contributed by atoms with van der Waals surface area (Å²) in [6.07, 6.45) is 2.35. The van der Waals surface area contributed by atoms with Crippen LogP contribution in [0, 0.1) is 0 Å². The van der Waals surface area contributed by atoms with Crippen molar-refractivity contribution in [2.75, 3.05) is 32.8 Å². The summed E-state index contributed by atoms with van der Waals surface area (Å²) in [5, 5.41) is 3.46. The fourth-order valence-corrected chi connectivity index (χ4v) is 4.73. The van der Waals surface area contributed by atoms with Crippen molar-refractivity contribution in [2.45, 2.75) is 38.3 Å². The summed E-state index contributed by atoms with van der Waals surface area (Å²) in [6, 6.07) is 27.3. The van der Waals surface area contributed by atoms with Gasteiger partial charge in [-0.25, -0.2) is 0 Å². The highest BCUT2D eigenvalue weighted by Gasteiger charge is 2.22. The summed E-state index contributed by atoms with van der Waals surface area (Å²) in [6.45, 7) is 8.24. The summed E-state index contributed by atoms with van der Waals surface area (Å²) >= 11 is 0. The molecule has 1 N–H and O–H groups in total. The third kappa shape index (κ3) is 6.71. The molecular weight excluding hydrogens is 436 g/mol. The predicted molar refractivity (Wildman–Crippen MR) is 141 cm³/mol. The van der Waals surface area contributed by atoms with E-state index in [2.05, 4.69) is 67.7 Å². The average Bonchev–Trinajstić information content (AvgIpc) is 3.45. The highest BCUT2D eigenvalue weighted by Crippen LogP contribution is 2.33.